The highest BCUT2D eigenvalue weighted by molar-refractivity contribution is 8.06. The van der Waals surface area contributed by atoms with Gasteiger partial charge in [0.15, 0.2) is 0 Å². The number of thioether (sulfide) groups is 1. The first-order valence-corrected chi connectivity index (χ1v) is 11.2. The van der Waals surface area contributed by atoms with Gasteiger partial charge >= 0.3 is 0 Å². The average molecular weight is 377 g/mol. The topological polar surface area (TPSA) is 9.23 Å². The van der Waals surface area contributed by atoms with Crippen LogP contribution in [0.5, 0.6) is 0 Å². The number of methoxy groups -OCH3 is 1. The molecule has 0 aromatic rings. The van der Waals surface area contributed by atoms with Crippen LogP contribution in [-0.4, -0.2) is 13.2 Å². The fraction of sp³-hybridized carbons (Fsp3) is 0.667. The van der Waals surface area contributed by atoms with Crippen molar-refractivity contribution < 1.29 is 4.74 Å². The molecule has 0 radical (unpaired) electrons. The fourth-order valence-corrected chi connectivity index (χ4v) is 5.11. The van der Waals surface area contributed by atoms with Gasteiger partial charge in [0.05, 0.1) is 6.10 Å². The summed E-state index contributed by atoms with van der Waals surface area (Å²) >= 11 is 1.96. The Morgan fingerprint density at radius 2 is 1.88 bits per heavy atom. The maximum absolute atomic E-state index is 5.38. The molecular weight excluding hydrogens is 336 g/mol. The van der Waals surface area contributed by atoms with E-state index in [0.29, 0.717) is 0 Å². The largest absolute Gasteiger partial charge is 0.373 e. The van der Waals surface area contributed by atoms with Gasteiger partial charge < -0.3 is 4.74 Å². The predicted molar refractivity (Wildman–Crippen MR) is 119 cm³/mol. The number of rotatable bonds is 10. The molecule has 0 saturated carbocycles. The zero-order valence-corrected chi connectivity index (χ0v) is 18.8. The minimum absolute atomic E-state index is 0.105. The van der Waals surface area contributed by atoms with Crippen LogP contribution in [-0.2, 0) is 4.74 Å². The van der Waals surface area contributed by atoms with E-state index in [1.165, 1.54) is 22.7 Å². The lowest BCUT2D eigenvalue weighted by Crippen LogP contribution is -2.24. The zero-order chi connectivity index (χ0) is 19.5. The highest BCUT2D eigenvalue weighted by atomic mass is 32.2. The Bertz CT molecular complexity index is 502. The van der Waals surface area contributed by atoms with E-state index in [2.05, 4.69) is 78.0 Å². The van der Waals surface area contributed by atoms with Crippen LogP contribution >= 0.6 is 11.8 Å². The van der Waals surface area contributed by atoms with Crippen molar-refractivity contribution in [3.63, 3.8) is 0 Å². The van der Waals surface area contributed by atoms with Crippen molar-refractivity contribution in [1.29, 1.82) is 0 Å². The molecule has 1 aliphatic carbocycles. The molecule has 1 rings (SSSR count). The Kier molecular flexibility index (Phi) is 11.3. The quantitative estimate of drug-likeness (QED) is 0.360. The molecule has 2 heteroatoms. The Labute approximate surface area is 167 Å². The van der Waals surface area contributed by atoms with E-state index >= 15 is 0 Å². The molecule has 148 valence electrons. The van der Waals surface area contributed by atoms with Gasteiger partial charge in [-0.15, -0.1) is 0 Å². The van der Waals surface area contributed by atoms with Crippen LogP contribution in [0.25, 0.3) is 0 Å². The van der Waals surface area contributed by atoms with Crippen LogP contribution in [0.1, 0.15) is 67.2 Å². The third-order valence-electron chi connectivity index (χ3n) is 5.37. The maximum Gasteiger partial charge on any atom is 0.0936 e. The molecule has 0 heterocycles. The summed E-state index contributed by atoms with van der Waals surface area (Å²) in [4.78, 5) is 2.92. The second-order valence-corrected chi connectivity index (χ2v) is 9.20. The summed E-state index contributed by atoms with van der Waals surface area (Å²) < 4.78 is 5.38. The smallest absolute Gasteiger partial charge is 0.0936 e. The molecule has 0 N–H and O–H groups in total. The summed E-state index contributed by atoms with van der Waals surface area (Å²) in [7, 11) is 1.75. The molecule has 0 amide bonds. The van der Waals surface area contributed by atoms with Crippen molar-refractivity contribution in [3.05, 3.63) is 46.3 Å². The summed E-state index contributed by atoms with van der Waals surface area (Å²) in [6.45, 7) is 14.2. The molecule has 2 unspecified atom stereocenters. The third-order valence-corrected chi connectivity index (χ3v) is 6.65. The molecule has 0 aromatic carbocycles. The first-order chi connectivity index (χ1) is 12.4. The number of hydrogen-bond acceptors (Lipinski definition) is 2. The lowest BCUT2D eigenvalue weighted by Gasteiger charge is -2.32. The molecular formula is C24H40OS. The van der Waals surface area contributed by atoms with Gasteiger partial charge in [0.2, 0.25) is 0 Å². The van der Waals surface area contributed by atoms with Crippen LogP contribution < -0.4 is 0 Å². The molecule has 1 nitrogen and oxygen atoms in total. The van der Waals surface area contributed by atoms with Crippen molar-refractivity contribution in [2.45, 2.75) is 73.3 Å². The molecule has 0 aliphatic heterocycles. The molecule has 26 heavy (non-hydrogen) atoms. The highest BCUT2D eigenvalue weighted by Gasteiger charge is 2.25. The lowest BCUT2D eigenvalue weighted by molar-refractivity contribution is 0.177. The SMILES string of the molecule is CC/C(=C\CC(CC)C(C(C)C)C(C)C)S/C1=C/C=C\C(OC)/C=C\C1. The molecule has 2 atom stereocenters. The van der Waals surface area contributed by atoms with Gasteiger partial charge in [-0.05, 0) is 52.7 Å². The van der Waals surface area contributed by atoms with E-state index in [9.17, 15) is 0 Å². The van der Waals surface area contributed by atoms with Gasteiger partial charge in [-0.25, -0.2) is 0 Å². The monoisotopic (exact) mass is 376 g/mol. The van der Waals surface area contributed by atoms with Crippen molar-refractivity contribution in [2.75, 3.05) is 7.11 Å². The molecule has 0 fully saturated rings. The van der Waals surface area contributed by atoms with Gasteiger partial charge in [-0.3, -0.25) is 0 Å². The zero-order valence-electron chi connectivity index (χ0n) is 18.0. The fourth-order valence-electron chi connectivity index (χ4n) is 4.12. The summed E-state index contributed by atoms with van der Waals surface area (Å²) in [6, 6.07) is 0. The number of hydrogen-bond donors (Lipinski definition) is 0. The molecule has 0 aromatic heterocycles. The van der Waals surface area contributed by atoms with Crippen molar-refractivity contribution in [2.24, 2.45) is 23.7 Å². The van der Waals surface area contributed by atoms with Crippen LogP contribution in [0.15, 0.2) is 46.3 Å². The second-order valence-electron chi connectivity index (χ2n) is 7.95. The van der Waals surface area contributed by atoms with E-state index in [1.807, 2.05) is 11.8 Å². The van der Waals surface area contributed by atoms with Gasteiger partial charge in [-0.1, -0.05) is 96.2 Å². The first-order valence-electron chi connectivity index (χ1n) is 10.4. The van der Waals surface area contributed by atoms with Crippen LogP contribution in [0.4, 0.5) is 0 Å². The summed E-state index contributed by atoms with van der Waals surface area (Å²) in [6.07, 6.45) is 18.1. The Hall–Kier alpha value is -0.730. The molecule has 0 bridgehead atoms. The van der Waals surface area contributed by atoms with E-state index < -0.39 is 0 Å². The molecule has 1 aliphatic rings. The lowest BCUT2D eigenvalue weighted by atomic mass is 9.73. The number of ether oxygens (including phenoxy) is 1. The van der Waals surface area contributed by atoms with Gasteiger partial charge in [0.1, 0.15) is 0 Å². The minimum Gasteiger partial charge on any atom is -0.373 e. The highest BCUT2D eigenvalue weighted by Crippen LogP contribution is 2.36. The predicted octanol–water partition coefficient (Wildman–Crippen LogP) is 7.77. The third kappa shape index (κ3) is 7.88. The summed E-state index contributed by atoms with van der Waals surface area (Å²) in [5.74, 6) is 3.09. The van der Waals surface area contributed by atoms with Gasteiger partial charge in [-0.2, -0.15) is 0 Å². The van der Waals surface area contributed by atoms with E-state index in [-0.39, 0.29) is 6.10 Å². The first kappa shape index (κ1) is 23.3. The molecule has 0 saturated heterocycles. The standard InChI is InChI=1S/C24H40OS/c1-8-20(24(18(3)4)19(5)6)16-17-22(9-2)26-23-14-10-12-21(25-7)13-11-15-23/h10-14,17-21,24H,8-9,15-16H2,1-7H3/b12-10-,13-11-,22-17+,23-14+. The Morgan fingerprint density at radius 1 is 1.19 bits per heavy atom. The van der Waals surface area contributed by atoms with Gasteiger partial charge in [0, 0.05) is 7.11 Å². The van der Waals surface area contributed by atoms with Crippen molar-refractivity contribution in [3.8, 4) is 0 Å². The molecule has 0 spiro atoms. The minimum atomic E-state index is 0.105. The Morgan fingerprint density at radius 3 is 2.42 bits per heavy atom. The number of allylic oxidation sites excluding steroid dienone is 6. The van der Waals surface area contributed by atoms with Gasteiger partial charge in [0.25, 0.3) is 0 Å². The van der Waals surface area contributed by atoms with Crippen molar-refractivity contribution >= 4 is 11.8 Å². The average Bonchev–Trinajstić information content (AvgIpc) is 2.57. The maximum atomic E-state index is 5.38. The summed E-state index contributed by atoms with van der Waals surface area (Å²) in [5.41, 5.74) is 0. The van der Waals surface area contributed by atoms with E-state index in [0.717, 1.165) is 36.5 Å². The Balaban J connectivity index is 2.79. The second kappa shape index (κ2) is 12.6. The normalized spacial score (nSPS) is 24.3. The van der Waals surface area contributed by atoms with E-state index in [4.69, 9.17) is 4.74 Å². The summed E-state index contributed by atoms with van der Waals surface area (Å²) in [5, 5.41) is 0. The van der Waals surface area contributed by atoms with Crippen LogP contribution in [0.3, 0.4) is 0 Å². The van der Waals surface area contributed by atoms with Crippen LogP contribution in [0.2, 0.25) is 0 Å². The van der Waals surface area contributed by atoms with Crippen LogP contribution in [0, 0.1) is 23.7 Å². The van der Waals surface area contributed by atoms with Crippen molar-refractivity contribution in [1.82, 2.24) is 0 Å². The van der Waals surface area contributed by atoms with E-state index in [1.54, 1.807) is 7.11 Å².